The molecule has 1 unspecified atom stereocenters. The molecule has 0 aromatic heterocycles. The Kier molecular flexibility index (Phi) is 8.94. The van der Waals surface area contributed by atoms with Crippen LogP contribution in [0.1, 0.15) is 82.1 Å². The fourth-order valence-electron chi connectivity index (χ4n) is 4.36. The van der Waals surface area contributed by atoms with Gasteiger partial charge in [-0.15, -0.1) is 0 Å². The Morgan fingerprint density at radius 2 is 1.35 bits per heavy atom. The summed E-state index contributed by atoms with van der Waals surface area (Å²) in [4.78, 5) is 2.17. The van der Waals surface area contributed by atoms with Crippen LogP contribution in [-0.2, 0) is 0 Å². The van der Waals surface area contributed by atoms with Gasteiger partial charge in [0.25, 0.3) is 0 Å². The summed E-state index contributed by atoms with van der Waals surface area (Å²) in [6.45, 7) is 0.878. The Hall–Kier alpha value is -1.06. The number of aliphatic hydroxyl groups is 1. The van der Waals surface area contributed by atoms with Crippen molar-refractivity contribution < 1.29 is 9.84 Å². The monoisotopic (exact) mass is 361 g/mol. The molecule has 0 bridgehead atoms. The van der Waals surface area contributed by atoms with Gasteiger partial charge in [0.1, 0.15) is 5.75 Å². The number of methoxy groups -OCH3 is 1. The maximum atomic E-state index is 11.1. The van der Waals surface area contributed by atoms with Gasteiger partial charge in [-0.25, -0.2) is 0 Å². The van der Waals surface area contributed by atoms with Crippen LogP contribution in [0.3, 0.4) is 0 Å². The first-order valence-electron chi connectivity index (χ1n) is 10.6. The third-order valence-corrected chi connectivity index (χ3v) is 5.93. The molecule has 1 aromatic carbocycles. The van der Waals surface area contributed by atoms with Crippen LogP contribution in [0.15, 0.2) is 24.3 Å². The Bertz CT molecular complexity index is 476. The molecule has 2 aliphatic rings. The van der Waals surface area contributed by atoms with Crippen molar-refractivity contribution >= 4 is 0 Å². The van der Waals surface area contributed by atoms with E-state index in [0.29, 0.717) is 0 Å². The van der Waals surface area contributed by atoms with E-state index in [1.54, 1.807) is 7.11 Å². The van der Waals surface area contributed by atoms with Gasteiger partial charge in [-0.1, -0.05) is 69.9 Å². The minimum absolute atomic E-state index is 0.170. The van der Waals surface area contributed by atoms with Gasteiger partial charge >= 0.3 is 0 Å². The van der Waals surface area contributed by atoms with Crippen molar-refractivity contribution in [3.05, 3.63) is 29.8 Å². The van der Waals surface area contributed by atoms with Crippen molar-refractivity contribution in [2.24, 2.45) is 0 Å². The van der Waals surface area contributed by atoms with Gasteiger partial charge in [-0.3, -0.25) is 0 Å². The Morgan fingerprint density at radius 1 is 0.885 bits per heavy atom. The zero-order chi connectivity index (χ0) is 18.8. The lowest BCUT2D eigenvalue weighted by atomic mass is 9.72. The highest BCUT2D eigenvalue weighted by atomic mass is 16.5. The second-order valence-electron chi connectivity index (χ2n) is 8.37. The Morgan fingerprint density at radius 3 is 1.77 bits per heavy atom. The van der Waals surface area contributed by atoms with Crippen LogP contribution in [-0.4, -0.2) is 43.4 Å². The van der Waals surface area contributed by atoms with Gasteiger partial charge < -0.3 is 14.7 Å². The Labute approximate surface area is 160 Å². The van der Waals surface area contributed by atoms with E-state index in [4.69, 9.17) is 4.74 Å². The van der Waals surface area contributed by atoms with E-state index in [1.165, 1.54) is 50.5 Å². The average Bonchev–Trinajstić information content (AvgIpc) is 2.68. The molecule has 2 saturated carbocycles. The molecule has 3 nitrogen and oxygen atoms in total. The van der Waals surface area contributed by atoms with E-state index in [9.17, 15) is 5.11 Å². The highest BCUT2D eigenvalue weighted by Crippen LogP contribution is 2.40. The van der Waals surface area contributed by atoms with E-state index in [0.717, 1.165) is 38.0 Å². The van der Waals surface area contributed by atoms with Crippen molar-refractivity contribution in [1.82, 2.24) is 4.90 Å². The maximum Gasteiger partial charge on any atom is 0.118 e. The number of ether oxygens (including phenoxy) is 1. The molecule has 1 atom stereocenters. The van der Waals surface area contributed by atoms with Gasteiger partial charge in [-0.2, -0.15) is 0 Å². The smallest absolute Gasteiger partial charge is 0.118 e. The standard InChI is InChI=1S/C17H27NO2.C6H12/c1-18(2)13-16(17(19)11-5-4-6-12-17)14-7-9-15(20-3)10-8-14;1-2-4-6-5-3-1/h7-10,16,19H,4-6,11-13H2,1-3H3;1-6H2. The minimum Gasteiger partial charge on any atom is -0.497 e. The fourth-order valence-corrected chi connectivity index (χ4v) is 4.36. The number of hydrogen-bond acceptors (Lipinski definition) is 3. The molecule has 0 spiro atoms. The predicted molar refractivity (Wildman–Crippen MR) is 110 cm³/mol. The number of likely N-dealkylation sites (N-methyl/N-ethyl adjacent to an activating group) is 1. The number of benzene rings is 1. The largest absolute Gasteiger partial charge is 0.497 e. The number of nitrogens with zero attached hydrogens (tertiary/aromatic N) is 1. The summed E-state index contributed by atoms with van der Waals surface area (Å²) in [6.07, 6.45) is 14.3. The summed E-state index contributed by atoms with van der Waals surface area (Å²) in [5.74, 6) is 1.04. The fraction of sp³-hybridized carbons (Fsp3) is 0.739. The van der Waals surface area contributed by atoms with Crippen molar-refractivity contribution in [3.63, 3.8) is 0 Å². The van der Waals surface area contributed by atoms with Gasteiger partial charge in [0.15, 0.2) is 0 Å². The second-order valence-corrected chi connectivity index (χ2v) is 8.37. The molecule has 0 heterocycles. The summed E-state index contributed by atoms with van der Waals surface area (Å²) < 4.78 is 5.23. The average molecular weight is 362 g/mol. The predicted octanol–water partition coefficient (Wildman–Crippen LogP) is 5.38. The van der Waals surface area contributed by atoms with Crippen LogP contribution >= 0.6 is 0 Å². The molecular formula is C23H39NO2. The van der Waals surface area contributed by atoms with Crippen LogP contribution in [0.25, 0.3) is 0 Å². The molecule has 26 heavy (non-hydrogen) atoms. The summed E-state index contributed by atoms with van der Waals surface area (Å²) >= 11 is 0. The van der Waals surface area contributed by atoms with Crippen molar-refractivity contribution in [2.45, 2.75) is 82.1 Å². The highest BCUT2D eigenvalue weighted by Gasteiger charge is 2.38. The normalized spacial score (nSPS) is 20.8. The SMILES string of the molecule is C1CCCCC1.COc1ccc(C(CN(C)C)C2(O)CCCCC2)cc1. The van der Waals surface area contributed by atoms with Crippen LogP contribution in [0, 0.1) is 0 Å². The molecule has 0 aliphatic heterocycles. The first-order valence-corrected chi connectivity index (χ1v) is 10.6. The van der Waals surface area contributed by atoms with Crippen molar-refractivity contribution in [2.75, 3.05) is 27.7 Å². The molecule has 0 amide bonds. The molecule has 0 radical (unpaired) electrons. The molecule has 0 saturated heterocycles. The molecule has 3 rings (SSSR count). The van der Waals surface area contributed by atoms with Gasteiger partial charge in [0, 0.05) is 12.5 Å². The summed E-state index contributed by atoms with van der Waals surface area (Å²) in [6, 6.07) is 8.17. The molecule has 2 aliphatic carbocycles. The van der Waals surface area contributed by atoms with Crippen LogP contribution in [0.5, 0.6) is 5.75 Å². The number of hydrogen-bond donors (Lipinski definition) is 1. The van der Waals surface area contributed by atoms with Crippen LogP contribution in [0.2, 0.25) is 0 Å². The van der Waals surface area contributed by atoms with E-state index in [1.807, 2.05) is 12.1 Å². The third kappa shape index (κ3) is 6.59. The van der Waals surface area contributed by atoms with E-state index < -0.39 is 5.60 Å². The van der Waals surface area contributed by atoms with Crippen molar-refractivity contribution in [1.29, 1.82) is 0 Å². The van der Waals surface area contributed by atoms with Crippen LogP contribution in [0.4, 0.5) is 0 Å². The molecular weight excluding hydrogens is 322 g/mol. The van der Waals surface area contributed by atoms with Crippen molar-refractivity contribution in [3.8, 4) is 5.75 Å². The quantitative estimate of drug-likeness (QED) is 0.764. The van der Waals surface area contributed by atoms with E-state index >= 15 is 0 Å². The summed E-state index contributed by atoms with van der Waals surface area (Å²) in [7, 11) is 5.83. The highest BCUT2D eigenvalue weighted by molar-refractivity contribution is 5.31. The molecule has 1 aromatic rings. The lowest BCUT2D eigenvalue weighted by Crippen LogP contribution is -2.42. The Balaban J connectivity index is 0.000000342. The van der Waals surface area contributed by atoms with E-state index in [-0.39, 0.29) is 5.92 Å². The zero-order valence-electron chi connectivity index (χ0n) is 17.2. The van der Waals surface area contributed by atoms with Gasteiger partial charge in [-0.05, 0) is 44.6 Å². The lowest BCUT2D eigenvalue weighted by molar-refractivity contribution is -0.0277. The molecule has 1 N–H and O–H groups in total. The van der Waals surface area contributed by atoms with Gasteiger partial charge in [0.2, 0.25) is 0 Å². The molecule has 148 valence electrons. The zero-order valence-corrected chi connectivity index (χ0v) is 17.2. The summed E-state index contributed by atoms with van der Waals surface area (Å²) in [5, 5.41) is 11.1. The van der Waals surface area contributed by atoms with Gasteiger partial charge in [0.05, 0.1) is 12.7 Å². The topological polar surface area (TPSA) is 32.7 Å². The van der Waals surface area contributed by atoms with E-state index in [2.05, 4.69) is 31.1 Å². The first-order chi connectivity index (χ1) is 12.5. The number of rotatable bonds is 5. The first kappa shape index (κ1) is 21.2. The molecule has 2 fully saturated rings. The molecule has 3 heteroatoms. The minimum atomic E-state index is -0.558. The van der Waals surface area contributed by atoms with Crippen LogP contribution < -0.4 is 4.74 Å². The maximum absolute atomic E-state index is 11.1. The third-order valence-electron chi connectivity index (χ3n) is 5.93. The summed E-state index contributed by atoms with van der Waals surface area (Å²) in [5.41, 5.74) is 0.654. The lowest BCUT2D eigenvalue weighted by Gasteiger charge is -2.40. The second kappa shape index (κ2) is 10.9.